The van der Waals surface area contributed by atoms with E-state index in [1.54, 1.807) is 0 Å². The van der Waals surface area contributed by atoms with Gasteiger partial charge in [0.25, 0.3) is 0 Å². The zero-order chi connectivity index (χ0) is 13.5. The van der Waals surface area contributed by atoms with Crippen molar-refractivity contribution < 1.29 is 9.53 Å². The molecule has 19 heavy (non-hydrogen) atoms. The van der Waals surface area contributed by atoms with Gasteiger partial charge in [-0.1, -0.05) is 58.3 Å². The molecule has 2 N–H and O–H groups in total. The van der Waals surface area contributed by atoms with Crippen LogP contribution >= 0.6 is 12.4 Å². The molecule has 0 rings (SSSR count). The number of hydrogen-bond acceptors (Lipinski definition) is 3. The van der Waals surface area contributed by atoms with E-state index in [0.29, 0.717) is 19.6 Å². The van der Waals surface area contributed by atoms with Crippen molar-refractivity contribution in [3.05, 3.63) is 0 Å². The SMILES string of the molecule is CCCCCCCCCCCC(=O)OCCCN.Cl. The van der Waals surface area contributed by atoms with E-state index in [9.17, 15) is 4.79 Å². The topological polar surface area (TPSA) is 52.3 Å². The summed E-state index contributed by atoms with van der Waals surface area (Å²) in [4.78, 5) is 11.3. The minimum Gasteiger partial charge on any atom is -0.466 e. The number of carbonyl (C=O) groups excluding carboxylic acids is 1. The van der Waals surface area contributed by atoms with Crippen molar-refractivity contribution in [2.24, 2.45) is 5.73 Å². The van der Waals surface area contributed by atoms with E-state index < -0.39 is 0 Å². The van der Waals surface area contributed by atoms with E-state index in [1.807, 2.05) is 0 Å². The zero-order valence-electron chi connectivity index (χ0n) is 12.5. The Hall–Kier alpha value is -0.280. The van der Waals surface area contributed by atoms with Crippen LogP contribution in [0.25, 0.3) is 0 Å². The second kappa shape index (κ2) is 17.7. The van der Waals surface area contributed by atoms with Gasteiger partial charge >= 0.3 is 5.97 Å². The van der Waals surface area contributed by atoms with Gasteiger partial charge in [-0.25, -0.2) is 0 Å². The fourth-order valence-corrected chi connectivity index (χ4v) is 1.92. The lowest BCUT2D eigenvalue weighted by molar-refractivity contribution is -0.143. The highest BCUT2D eigenvalue weighted by molar-refractivity contribution is 5.85. The van der Waals surface area contributed by atoms with E-state index in [1.165, 1.54) is 44.9 Å². The largest absolute Gasteiger partial charge is 0.466 e. The molecule has 0 fully saturated rings. The first kappa shape index (κ1) is 21.0. The maximum Gasteiger partial charge on any atom is 0.305 e. The lowest BCUT2D eigenvalue weighted by Gasteiger charge is -2.04. The van der Waals surface area contributed by atoms with Crippen LogP contribution < -0.4 is 5.73 Å². The van der Waals surface area contributed by atoms with Gasteiger partial charge in [0.05, 0.1) is 6.61 Å². The zero-order valence-corrected chi connectivity index (χ0v) is 13.3. The second-order valence-electron chi connectivity index (χ2n) is 4.94. The molecule has 0 saturated carbocycles. The van der Waals surface area contributed by atoms with Crippen molar-refractivity contribution in [3.8, 4) is 0 Å². The maximum absolute atomic E-state index is 11.3. The van der Waals surface area contributed by atoms with Crippen molar-refractivity contribution in [2.75, 3.05) is 13.2 Å². The van der Waals surface area contributed by atoms with Gasteiger partial charge in [0.15, 0.2) is 0 Å². The van der Waals surface area contributed by atoms with E-state index in [0.717, 1.165) is 19.3 Å². The van der Waals surface area contributed by atoms with Crippen LogP contribution in [-0.2, 0) is 9.53 Å². The summed E-state index contributed by atoms with van der Waals surface area (Å²) in [6.45, 7) is 3.31. The number of nitrogens with two attached hydrogens (primary N) is 1. The molecule has 4 heteroatoms. The van der Waals surface area contributed by atoms with E-state index in [2.05, 4.69) is 6.92 Å². The third-order valence-electron chi connectivity index (χ3n) is 3.10. The summed E-state index contributed by atoms with van der Waals surface area (Å²) in [6, 6.07) is 0. The molecule has 0 saturated heterocycles. The van der Waals surface area contributed by atoms with E-state index >= 15 is 0 Å². The van der Waals surface area contributed by atoms with Gasteiger partial charge in [-0.2, -0.15) is 0 Å². The lowest BCUT2D eigenvalue weighted by Crippen LogP contribution is -2.09. The summed E-state index contributed by atoms with van der Waals surface area (Å²) in [5.41, 5.74) is 5.32. The minimum atomic E-state index is -0.0635. The van der Waals surface area contributed by atoms with Crippen LogP contribution in [0.15, 0.2) is 0 Å². The molecule has 0 aliphatic carbocycles. The quantitative estimate of drug-likeness (QED) is 0.408. The second-order valence-corrected chi connectivity index (χ2v) is 4.94. The Morgan fingerprint density at radius 3 is 1.95 bits per heavy atom. The van der Waals surface area contributed by atoms with Crippen LogP contribution in [-0.4, -0.2) is 19.1 Å². The molecular formula is C15H32ClNO2. The first-order valence-corrected chi connectivity index (χ1v) is 7.67. The van der Waals surface area contributed by atoms with E-state index in [4.69, 9.17) is 10.5 Å². The van der Waals surface area contributed by atoms with Crippen LogP contribution in [0.1, 0.15) is 77.6 Å². The van der Waals surface area contributed by atoms with Crippen molar-refractivity contribution in [2.45, 2.75) is 77.6 Å². The fourth-order valence-electron chi connectivity index (χ4n) is 1.92. The van der Waals surface area contributed by atoms with Crippen molar-refractivity contribution in [3.63, 3.8) is 0 Å². The standard InChI is InChI=1S/C15H31NO2.ClH/c1-2-3-4-5-6-7-8-9-10-12-15(17)18-14-11-13-16;/h2-14,16H2,1H3;1H. The third-order valence-corrected chi connectivity index (χ3v) is 3.10. The molecule has 0 aliphatic heterocycles. The van der Waals surface area contributed by atoms with Gasteiger partial charge in [0, 0.05) is 6.42 Å². The number of ether oxygens (including phenoxy) is 1. The Labute approximate surface area is 125 Å². The van der Waals surface area contributed by atoms with Crippen molar-refractivity contribution >= 4 is 18.4 Å². The van der Waals surface area contributed by atoms with Crippen molar-refractivity contribution in [1.82, 2.24) is 0 Å². The molecule has 0 aliphatic rings. The van der Waals surface area contributed by atoms with Crippen molar-refractivity contribution in [1.29, 1.82) is 0 Å². The average Bonchev–Trinajstić information content (AvgIpc) is 2.37. The summed E-state index contributed by atoms with van der Waals surface area (Å²) >= 11 is 0. The van der Waals surface area contributed by atoms with Crippen LogP contribution in [0.5, 0.6) is 0 Å². The molecule has 116 valence electrons. The molecule has 0 aromatic heterocycles. The number of esters is 1. The Bertz CT molecular complexity index is 189. The Morgan fingerprint density at radius 1 is 0.895 bits per heavy atom. The smallest absolute Gasteiger partial charge is 0.305 e. The van der Waals surface area contributed by atoms with Gasteiger partial charge < -0.3 is 10.5 Å². The van der Waals surface area contributed by atoms with Crippen LogP contribution in [0.3, 0.4) is 0 Å². The highest BCUT2D eigenvalue weighted by Crippen LogP contribution is 2.10. The monoisotopic (exact) mass is 293 g/mol. The first-order chi connectivity index (χ1) is 8.81. The third kappa shape index (κ3) is 17.7. The Kier molecular flexibility index (Phi) is 19.6. The Morgan fingerprint density at radius 2 is 1.42 bits per heavy atom. The van der Waals surface area contributed by atoms with Gasteiger partial charge in [-0.15, -0.1) is 12.4 Å². The normalized spacial score (nSPS) is 10.0. The summed E-state index contributed by atoms with van der Waals surface area (Å²) in [6.07, 6.45) is 12.8. The molecule has 3 nitrogen and oxygen atoms in total. The van der Waals surface area contributed by atoms with Gasteiger partial charge in [-0.05, 0) is 19.4 Å². The summed E-state index contributed by atoms with van der Waals surface area (Å²) in [5, 5.41) is 0. The molecule has 0 radical (unpaired) electrons. The number of rotatable bonds is 13. The summed E-state index contributed by atoms with van der Waals surface area (Å²) in [5.74, 6) is -0.0635. The molecule has 0 bridgehead atoms. The van der Waals surface area contributed by atoms with Gasteiger partial charge in [0.1, 0.15) is 0 Å². The Balaban J connectivity index is 0. The molecule has 0 unspecified atom stereocenters. The fraction of sp³-hybridized carbons (Fsp3) is 0.933. The number of halogens is 1. The van der Waals surface area contributed by atoms with Gasteiger partial charge in [-0.3, -0.25) is 4.79 Å². The number of unbranched alkanes of at least 4 members (excludes halogenated alkanes) is 8. The molecule has 0 spiro atoms. The molecule has 0 aromatic carbocycles. The lowest BCUT2D eigenvalue weighted by atomic mass is 10.1. The highest BCUT2D eigenvalue weighted by atomic mass is 35.5. The molecular weight excluding hydrogens is 262 g/mol. The molecule has 0 heterocycles. The molecule has 0 aromatic rings. The average molecular weight is 294 g/mol. The molecule has 0 atom stereocenters. The van der Waals surface area contributed by atoms with Gasteiger partial charge in [0.2, 0.25) is 0 Å². The van der Waals surface area contributed by atoms with Crippen LogP contribution in [0.2, 0.25) is 0 Å². The predicted molar refractivity (Wildman–Crippen MR) is 83.7 cm³/mol. The summed E-state index contributed by atoms with van der Waals surface area (Å²) < 4.78 is 5.04. The minimum absolute atomic E-state index is 0. The summed E-state index contributed by atoms with van der Waals surface area (Å²) in [7, 11) is 0. The number of hydrogen-bond donors (Lipinski definition) is 1. The maximum atomic E-state index is 11.3. The van der Waals surface area contributed by atoms with Crippen LogP contribution in [0, 0.1) is 0 Å². The predicted octanol–water partition coefficient (Wildman–Crippen LogP) is 4.22. The number of carbonyl (C=O) groups is 1. The highest BCUT2D eigenvalue weighted by Gasteiger charge is 2.01. The van der Waals surface area contributed by atoms with Crippen LogP contribution in [0.4, 0.5) is 0 Å². The van der Waals surface area contributed by atoms with E-state index in [-0.39, 0.29) is 18.4 Å². The molecule has 0 amide bonds. The first-order valence-electron chi connectivity index (χ1n) is 7.67.